The van der Waals surface area contributed by atoms with Gasteiger partial charge in [-0.25, -0.2) is 4.99 Å². The Balaban J connectivity index is 0.00000364. The van der Waals surface area contributed by atoms with Crippen LogP contribution in [-0.2, 0) is 18.4 Å². The van der Waals surface area contributed by atoms with E-state index in [1.165, 1.54) is 5.56 Å². The molecule has 1 aliphatic heterocycles. The van der Waals surface area contributed by atoms with Crippen LogP contribution in [0.25, 0.3) is 0 Å². The van der Waals surface area contributed by atoms with E-state index in [0.29, 0.717) is 6.54 Å². The van der Waals surface area contributed by atoms with Crippen molar-refractivity contribution in [3.05, 3.63) is 17.0 Å². The highest BCUT2D eigenvalue weighted by atomic mass is 127. The van der Waals surface area contributed by atoms with E-state index >= 15 is 0 Å². The first kappa shape index (κ1) is 23.7. The number of nitrogens with two attached hydrogens (primary N) is 1. The number of nitrogens with zero attached hydrogens (tertiary/aromatic N) is 5. The molecular weight excluding hydrogens is 457 g/mol. The Bertz CT molecular complexity index is 675. The van der Waals surface area contributed by atoms with Crippen molar-refractivity contribution in [1.82, 2.24) is 24.9 Å². The minimum Gasteiger partial charge on any atom is -0.368 e. The number of carbonyl (C=O) groups excluding carboxylic acids is 1. The molecule has 0 aliphatic carbocycles. The maximum Gasteiger partial charge on any atom is 0.237 e. The Labute approximate surface area is 179 Å². The summed E-state index contributed by atoms with van der Waals surface area (Å²) in [4.78, 5) is 20.9. The number of halogens is 1. The third-order valence-corrected chi connectivity index (χ3v) is 5.35. The lowest BCUT2D eigenvalue weighted by molar-refractivity contribution is -0.129. The number of hydrogen-bond donors (Lipinski definition) is 2. The fourth-order valence-corrected chi connectivity index (χ4v) is 3.26. The average molecular weight is 491 g/mol. The van der Waals surface area contributed by atoms with Crippen LogP contribution in [0.5, 0.6) is 0 Å². The highest BCUT2D eigenvalue weighted by Gasteiger charge is 2.35. The number of rotatable bonds is 5. The smallest absolute Gasteiger partial charge is 0.237 e. The summed E-state index contributed by atoms with van der Waals surface area (Å²) >= 11 is 0. The normalized spacial score (nSPS) is 16.2. The zero-order valence-electron chi connectivity index (χ0n) is 17.4. The summed E-state index contributed by atoms with van der Waals surface area (Å²) in [5.74, 6) is 0.626. The summed E-state index contributed by atoms with van der Waals surface area (Å²) < 4.78 is 1.90. The van der Waals surface area contributed by atoms with Gasteiger partial charge in [0.1, 0.15) is 0 Å². The number of guanidine groups is 1. The molecule has 2 rings (SSSR count). The third kappa shape index (κ3) is 5.34. The van der Waals surface area contributed by atoms with Gasteiger partial charge in [-0.1, -0.05) is 0 Å². The molecule has 1 fully saturated rings. The second-order valence-electron chi connectivity index (χ2n) is 7.34. The molecule has 3 N–H and O–H groups in total. The van der Waals surface area contributed by atoms with Crippen LogP contribution in [0.3, 0.4) is 0 Å². The third-order valence-electron chi connectivity index (χ3n) is 5.35. The van der Waals surface area contributed by atoms with Crippen LogP contribution in [0.15, 0.2) is 4.99 Å². The Kier molecular flexibility index (Phi) is 8.52. The van der Waals surface area contributed by atoms with Crippen molar-refractivity contribution >= 4 is 35.8 Å². The number of hydrogen-bond acceptors (Lipinski definition) is 4. The molecule has 1 aliphatic rings. The molecule has 1 amide bonds. The maximum absolute atomic E-state index is 11.7. The van der Waals surface area contributed by atoms with Crippen LogP contribution in [0.1, 0.15) is 37.7 Å². The molecule has 2 heterocycles. The molecule has 8 nitrogen and oxygen atoms in total. The Hall–Kier alpha value is -1.36. The summed E-state index contributed by atoms with van der Waals surface area (Å²) in [7, 11) is 1.96. The minimum atomic E-state index is -0.620. The van der Waals surface area contributed by atoms with E-state index in [4.69, 9.17) is 10.7 Å². The minimum absolute atomic E-state index is 0. The average Bonchev–Trinajstić information content (AvgIpc) is 2.84. The number of amides is 1. The highest BCUT2D eigenvalue weighted by molar-refractivity contribution is 14.0. The predicted octanol–water partition coefficient (Wildman–Crippen LogP) is 1.00. The van der Waals surface area contributed by atoms with Gasteiger partial charge in [0.15, 0.2) is 5.96 Å². The van der Waals surface area contributed by atoms with Gasteiger partial charge in [-0.15, -0.1) is 24.0 Å². The van der Waals surface area contributed by atoms with E-state index in [1.807, 2.05) is 32.5 Å². The summed E-state index contributed by atoms with van der Waals surface area (Å²) in [6.07, 6.45) is 0. The second-order valence-corrected chi connectivity index (χ2v) is 7.34. The number of aryl methyl sites for hydroxylation is 2. The van der Waals surface area contributed by atoms with Crippen molar-refractivity contribution in [1.29, 1.82) is 0 Å². The first-order chi connectivity index (χ1) is 12.2. The summed E-state index contributed by atoms with van der Waals surface area (Å²) in [5, 5.41) is 7.85. The molecule has 27 heavy (non-hydrogen) atoms. The summed E-state index contributed by atoms with van der Waals surface area (Å²) in [6.45, 7) is 14.6. The van der Waals surface area contributed by atoms with Crippen molar-refractivity contribution in [2.24, 2.45) is 17.8 Å². The monoisotopic (exact) mass is 491 g/mol. The van der Waals surface area contributed by atoms with E-state index in [1.54, 1.807) is 0 Å². The molecule has 0 aromatic carbocycles. The second kappa shape index (κ2) is 9.72. The molecule has 0 saturated carbocycles. The number of primary amides is 1. The summed E-state index contributed by atoms with van der Waals surface area (Å²) in [5.41, 5.74) is 8.28. The Morgan fingerprint density at radius 2 is 1.85 bits per heavy atom. The molecule has 0 spiro atoms. The molecule has 0 atom stereocenters. The molecule has 0 unspecified atom stereocenters. The van der Waals surface area contributed by atoms with Crippen LogP contribution < -0.4 is 11.1 Å². The molecule has 1 saturated heterocycles. The van der Waals surface area contributed by atoms with E-state index in [9.17, 15) is 4.79 Å². The standard InChI is InChI=1S/C18H33N7O.HI/c1-7-20-17(21-12-15-13(2)22-23(6)14(15)3)24-8-10-25(11-9-24)18(4,5)16(19)26;/h7-12H2,1-6H3,(H2,19,26)(H,20,21);1H. The lowest BCUT2D eigenvalue weighted by atomic mass is 10.0. The van der Waals surface area contributed by atoms with Gasteiger partial charge in [0, 0.05) is 51.0 Å². The van der Waals surface area contributed by atoms with Crippen molar-refractivity contribution < 1.29 is 4.79 Å². The summed E-state index contributed by atoms with van der Waals surface area (Å²) in [6, 6.07) is 0. The van der Waals surface area contributed by atoms with Gasteiger partial charge in [-0.05, 0) is 34.6 Å². The zero-order valence-corrected chi connectivity index (χ0v) is 19.7. The van der Waals surface area contributed by atoms with E-state index < -0.39 is 5.54 Å². The van der Waals surface area contributed by atoms with Crippen LogP contribution in [-0.4, -0.2) is 69.7 Å². The SMILES string of the molecule is CCNC(=NCc1c(C)nn(C)c1C)N1CCN(C(C)(C)C(N)=O)CC1.I. The molecule has 154 valence electrons. The molecular formula is C18H34IN7O. The number of aromatic nitrogens is 2. The highest BCUT2D eigenvalue weighted by Crippen LogP contribution is 2.17. The van der Waals surface area contributed by atoms with Crippen LogP contribution in [0, 0.1) is 13.8 Å². The van der Waals surface area contributed by atoms with Crippen LogP contribution in [0.2, 0.25) is 0 Å². The van der Waals surface area contributed by atoms with Crippen LogP contribution >= 0.6 is 24.0 Å². The van der Waals surface area contributed by atoms with E-state index in [0.717, 1.165) is 50.1 Å². The molecule has 0 bridgehead atoms. The van der Waals surface area contributed by atoms with Gasteiger partial charge in [-0.2, -0.15) is 5.10 Å². The first-order valence-corrected chi connectivity index (χ1v) is 9.25. The van der Waals surface area contributed by atoms with E-state index in [2.05, 4.69) is 34.1 Å². The fourth-order valence-electron chi connectivity index (χ4n) is 3.26. The maximum atomic E-state index is 11.7. The molecule has 0 radical (unpaired) electrons. The molecule has 1 aromatic heterocycles. The van der Waals surface area contributed by atoms with E-state index in [-0.39, 0.29) is 29.9 Å². The van der Waals surface area contributed by atoms with Crippen molar-refractivity contribution in [3.63, 3.8) is 0 Å². The molecule has 1 aromatic rings. The number of aliphatic imine (C=N–C) groups is 1. The van der Waals surface area contributed by atoms with Crippen molar-refractivity contribution in [3.8, 4) is 0 Å². The van der Waals surface area contributed by atoms with Crippen LogP contribution in [0.4, 0.5) is 0 Å². The number of nitrogens with one attached hydrogen (secondary N) is 1. The zero-order chi connectivity index (χ0) is 19.5. The van der Waals surface area contributed by atoms with Gasteiger partial charge < -0.3 is 16.0 Å². The van der Waals surface area contributed by atoms with Gasteiger partial charge in [0.2, 0.25) is 5.91 Å². The van der Waals surface area contributed by atoms with Gasteiger partial charge in [0.25, 0.3) is 0 Å². The lowest BCUT2D eigenvalue weighted by Crippen LogP contribution is -2.61. The predicted molar refractivity (Wildman–Crippen MR) is 119 cm³/mol. The van der Waals surface area contributed by atoms with Gasteiger partial charge in [-0.3, -0.25) is 14.4 Å². The Morgan fingerprint density at radius 1 is 1.26 bits per heavy atom. The quantitative estimate of drug-likeness (QED) is 0.365. The van der Waals surface area contributed by atoms with Gasteiger partial charge >= 0.3 is 0 Å². The molecule has 9 heteroatoms. The topological polar surface area (TPSA) is 91.8 Å². The lowest BCUT2D eigenvalue weighted by Gasteiger charge is -2.43. The first-order valence-electron chi connectivity index (χ1n) is 9.25. The van der Waals surface area contributed by atoms with Crippen molar-refractivity contribution in [2.45, 2.75) is 46.7 Å². The fraction of sp³-hybridized carbons (Fsp3) is 0.722. The van der Waals surface area contributed by atoms with Crippen molar-refractivity contribution in [2.75, 3.05) is 32.7 Å². The number of carbonyl (C=O) groups is 1. The number of piperazine rings is 1. The largest absolute Gasteiger partial charge is 0.368 e. The van der Waals surface area contributed by atoms with Gasteiger partial charge in [0.05, 0.1) is 17.8 Å². The Morgan fingerprint density at radius 3 is 2.30 bits per heavy atom.